The van der Waals surface area contributed by atoms with E-state index in [0.29, 0.717) is 5.02 Å². The van der Waals surface area contributed by atoms with Gasteiger partial charge in [-0.3, -0.25) is 4.79 Å². The van der Waals surface area contributed by atoms with Crippen LogP contribution in [0.25, 0.3) is 0 Å². The molecule has 0 spiro atoms. The molecule has 0 aliphatic carbocycles. The lowest BCUT2D eigenvalue weighted by Crippen LogP contribution is -2.40. The summed E-state index contributed by atoms with van der Waals surface area (Å²) in [6.45, 7) is 3.79. The van der Waals surface area contributed by atoms with E-state index in [1.54, 1.807) is 0 Å². The highest BCUT2D eigenvalue weighted by Crippen LogP contribution is 2.21. The molecule has 0 radical (unpaired) electrons. The molecule has 0 saturated carbocycles. The van der Waals surface area contributed by atoms with E-state index < -0.39 is 17.9 Å². The molecule has 4 N–H and O–H groups in total. The molecular weight excluding hydrogens is 268 g/mol. The highest BCUT2D eigenvalue weighted by atomic mass is 35.5. The molecule has 2 atom stereocenters. The third-order valence-corrected chi connectivity index (χ3v) is 3.26. The third kappa shape index (κ3) is 3.94. The van der Waals surface area contributed by atoms with E-state index in [0.717, 1.165) is 6.42 Å². The molecule has 5 nitrogen and oxygen atoms in total. The molecule has 0 bridgehead atoms. The average molecular weight is 285 g/mol. The first-order valence-electron chi connectivity index (χ1n) is 5.96. The van der Waals surface area contributed by atoms with E-state index in [-0.39, 0.29) is 17.2 Å². The predicted molar refractivity (Wildman–Crippen MR) is 74.5 cm³/mol. The molecule has 0 fully saturated rings. The maximum Gasteiger partial charge on any atom is 0.337 e. The third-order valence-electron chi connectivity index (χ3n) is 3.03. The standard InChI is InChI=1S/C13H17ClN2O3/c1-3-7(2)11(15)12(17)16-10-6-8(14)4-5-9(10)13(18)19/h4-7,11H,3,15H2,1-2H3,(H,16,17)(H,18,19). The van der Waals surface area contributed by atoms with Crippen LogP contribution in [0.15, 0.2) is 18.2 Å². The van der Waals surface area contributed by atoms with Gasteiger partial charge in [0.25, 0.3) is 0 Å². The number of carbonyl (C=O) groups excluding carboxylic acids is 1. The summed E-state index contributed by atoms with van der Waals surface area (Å²) in [5.74, 6) is -1.55. The normalized spacial score (nSPS) is 13.7. The number of hydrogen-bond acceptors (Lipinski definition) is 3. The number of benzene rings is 1. The zero-order chi connectivity index (χ0) is 14.6. The Morgan fingerprint density at radius 1 is 1.47 bits per heavy atom. The molecule has 0 saturated heterocycles. The van der Waals surface area contributed by atoms with Crippen LogP contribution in [0.1, 0.15) is 30.6 Å². The van der Waals surface area contributed by atoms with Crippen LogP contribution in [0, 0.1) is 5.92 Å². The Kier molecular flexibility index (Phi) is 5.32. The molecule has 1 aromatic carbocycles. The minimum absolute atomic E-state index is 0.00691. The van der Waals surface area contributed by atoms with Gasteiger partial charge in [0.05, 0.1) is 17.3 Å². The van der Waals surface area contributed by atoms with Crippen LogP contribution in [0.5, 0.6) is 0 Å². The summed E-state index contributed by atoms with van der Waals surface area (Å²) >= 11 is 5.80. The molecule has 104 valence electrons. The first-order valence-corrected chi connectivity index (χ1v) is 6.33. The van der Waals surface area contributed by atoms with E-state index in [4.69, 9.17) is 22.4 Å². The Morgan fingerprint density at radius 2 is 2.11 bits per heavy atom. The van der Waals surface area contributed by atoms with Crippen LogP contribution in [0.2, 0.25) is 5.02 Å². The van der Waals surface area contributed by atoms with Crippen molar-refractivity contribution in [2.75, 3.05) is 5.32 Å². The van der Waals surface area contributed by atoms with Gasteiger partial charge in [0.1, 0.15) is 0 Å². The van der Waals surface area contributed by atoms with E-state index in [1.165, 1.54) is 18.2 Å². The zero-order valence-corrected chi connectivity index (χ0v) is 11.6. The molecule has 0 aromatic heterocycles. The molecule has 2 unspecified atom stereocenters. The van der Waals surface area contributed by atoms with E-state index in [9.17, 15) is 9.59 Å². The molecule has 1 rings (SSSR count). The van der Waals surface area contributed by atoms with Crippen molar-refractivity contribution in [3.63, 3.8) is 0 Å². The SMILES string of the molecule is CCC(C)C(N)C(=O)Nc1cc(Cl)ccc1C(=O)O. The molecule has 19 heavy (non-hydrogen) atoms. The van der Waals surface area contributed by atoms with Gasteiger partial charge in [-0.15, -0.1) is 0 Å². The average Bonchev–Trinajstić information content (AvgIpc) is 2.36. The van der Waals surface area contributed by atoms with Crippen molar-refractivity contribution >= 4 is 29.2 Å². The number of carboxylic acids is 1. The van der Waals surface area contributed by atoms with Gasteiger partial charge in [-0.05, 0) is 24.1 Å². The summed E-state index contributed by atoms with van der Waals surface area (Å²) in [5, 5.41) is 11.9. The maximum absolute atomic E-state index is 11.9. The molecule has 1 aromatic rings. The molecular formula is C13H17ClN2O3. The number of aromatic carboxylic acids is 1. The predicted octanol–water partition coefficient (Wildman–Crippen LogP) is 2.35. The lowest BCUT2D eigenvalue weighted by Gasteiger charge is -2.18. The number of carboxylic acid groups (broad SMARTS) is 1. The quantitative estimate of drug-likeness (QED) is 0.774. The van der Waals surface area contributed by atoms with Gasteiger partial charge in [0.15, 0.2) is 0 Å². The van der Waals surface area contributed by atoms with Gasteiger partial charge in [0, 0.05) is 5.02 Å². The van der Waals surface area contributed by atoms with Gasteiger partial charge in [-0.1, -0.05) is 31.9 Å². The van der Waals surface area contributed by atoms with E-state index in [2.05, 4.69) is 5.32 Å². The topological polar surface area (TPSA) is 92.4 Å². The highest BCUT2D eigenvalue weighted by molar-refractivity contribution is 6.31. The number of nitrogens with two attached hydrogens (primary N) is 1. The monoisotopic (exact) mass is 284 g/mol. The van der Waals surface area contributed by atoms with Crippen molar-refractivity contribution in [3.8, 4) is 0 Å². The first-order chi connectivity index (χ1) is 8.86. The summed E-state index contributed by atoms with van der Waals surface area (Å²) in [4.78, 5) is 23.0. The van der Waals surface area contributed by atoms with Crippen molar-refractivity contribution < 1.29 is 14.7 Å². The summed E-state index contributed by atoms with van der Waals surface area (Å²) in [5.41, 5.74) is 5.93. The number of anilines is 1. The fourth-order valence-corrected chi connectivity index (χ4v) is 1.71. The Labute approximate surface area is 116 Å². The Hall–Kier alpha value is -1.59. The van der Waals surface area contributed by atoms with E-state index in [1.807, 2.05) is 13.8 Å². The van der Waals surface area contributed by atoms with Gasteiger partial charge < -0.3 is 16.2 Å². The van der Waals surface area contributed by atoms with Crippen molar-refractivity contribution in [1.29, 1.82) is 0 Å². The minimum Gasteiger partial charge on any atom is -0.478 e. The smallest absolute Gasteiger partial charge is 0.337 e. The van der Waals surface area contributed by atoms with E-state index >= 15 is 0 Å². The van der Waals surface area contributed by atoms with Crippen molar-refractivity contribution in [3.05, 3.63) is 28.8 Å². The van der Waals surface area contributed by atoms with Crippen LogP contribution in [-0.4, -0.2) is 23.0 Å². The van der Waals surface area contributed by atoms with Crippen LogP contribution in [0.3, 0.4) is 0 Å². The number of carbonyl (C=O) groups is 2. The Morgan fingerprint density at radius 3 is 2.63 bits per heavy atom. The molecule has 0 aliphatic rings. The first kappa shape index (κ1) is 15.5. The van der Waals surface area contributed by atoms with Gasteiger partial charge in [-0.2, -0.15) is 0 Å². The van der Waals surface area contributed by atoms with Gasteiger partial charge in [0.2, 0.25) is 5.91 Å². The fraction of sp³-hybridized carbons (Fsp3) is 0.385. The Balaban J connectivity index is 2.95. The largest absolute Gasteiger partial charge is 0.478 e. The van der Waals surface area contributed by atoms with Crippen molar-refractivity contribution in [2.24, 2.45) is 11.7 Å². The maximum atomic E-state index is 11.9. The fourth-order valence-electron chi connectivity index (χ4n) is 1.53. The van der Waals surface area contributed by atoms with Crippen LogP contribution in [-0.2, 0) is 4.79 Å². The van der Waals surface area contributed by atoms with Crippen LogP contribution >= 0.6 is 11.6 Å². The van der Waals surface area contributed by atoms with Gasteiger partial charge in [-0.25, -0.2) is 4.79 Å². The lowest BCUT2D eigenvalue weighted by atomic mass is 9.99. The molecule has 0 aliphatic heterocycles. The zero-order valence-electron chi connectivity index (χ0n) is 10.8. The minimum atomic E-state index is -1.14. The summed E-state index contributed by atoms with van der Waals surface area (Å²) < 4.78 is 0. The van der Waals surface area contributed by atoms with Crippen molar-refractivity contribution in [1.82, 2.24) is 0 Å². The molecule has 6 heteroatoms. The van der Waals surface area contributed by atoms with Crippen LogP contribution < -0.4 is 11.1 Å². The second-order valence-corrected chi connectivity index (χ2v) is 4.83. The van der Waals surface area contributed by atoms with Crippen molar-refractivity contribution in [2.45, 2.75) is 26.3 Å². The second kappa shape index (κ2) is 6.54. The second-order valence-electron chi connectivity index (χ2n) is 4.40. The number of nitrogens with one attached hydrogen (secondary N) is 1. The molecule has 1 amide bonds. The summed E-state index contributed by atoms with van der Waals surface area (Å²) in [7, 11) is 0. The molecule has 0 heterocycles. The number of rotatable bonds is 5. The number of amides is 1. The highest BCUT2D eigenvalue weighted by Gasteiger charge is 2.21. The number of hydrogen-bond donors (Lipinski definition) is 3. The summed E-state index contributed by atoms with van der Waals surface area (Å²) in [6, 6.07) is 3.50. The van der Waals surface area contributed by atoms with Gasteiger partial charge >= 0.3 is 5.97 Å². The number of halogens is 1. The summed E-state index contributed by atoms with van der Waals surface area (Å²) in [6.07, 6.45) is 0.760. The lowest BCUT2D eigenvalue weighted by molar-refractivity contribution is -0.118. The Bertz CT molecular complexity index is 491. The van der Waals surface area contributed by atoms with Crippen LogP contribution in [0.4, 0.5) is 5.69 Å².